The highest BCUT2D eigenvalue weighted by Gasteiger charge is 2.35. The second-order valence-corrected chi connectivity index (χ2v) is 10.5. The average Bonchev–Trinajstić information content (AvgIpc) is 3.62. The van der Waals surface area contributed by atoms with Gasteiger partial charge < -0.3 is 11.1 Å². The van der Waals surface area contributed by atoms with Gasteiger partial charge in [-0.25, -0.2) is 17.8 Å². The molecule has 168 valence electrons. The molecule has 1 aliphatic carbocycles. The molecule has 0 radical (unpaired) electrons. The van der Waals surface area contributed by atoms with Crippen LogP contribution >= 0.6 is 11.6 Å². The number of sulfone groups is 1. The van der Waals surface area contributed by atoms with E-state index in [1.165, 1.54) is 38.4 Å². The van der Waals surface area contributed by atoms with Gasteiger partial charge in [0.05, 0.1) is 34.2 Å². The molecule has 11 heteroatoms. The Bertz CT molecular complexity index is 1300. The molecular weight excluding hydrogens is 455 g/mol. The van der Waals surface area contributed by atoms with Crippen LogP contribution in [0.4, 0.5) is 15.9 Å². The van der Waals surface area contributed by atoms with Crippen LogP contribution < -0.4 is 11.1 Å². The fourth-order valence-corrected chi connectivity index (χ4v) is 4.62. The molecule has 4 heterocycles. The van der Waals surface area contributed by atoms with Crippen LogP contribution in [0, 0.1) is 5.82 Å². The predicted octanol–water partition coefficient (Wildman–Crippen LogP) is 3.95. The summed E-state index contributed by atoms with van der Waals surface area (Å²) in [7, 11) is -3.52. The number of aromatic nitrogens is 3. The van der Waals surface area contributed by atoms with Gasteiger partial charge in [0.25, 0.3) is 0 Å². The maximum atomic E-state index is 14.4. The van der Waals surface area contributed by atoms with Gasteiger partial charge in [-0.05, 0) is 25.1 Å². The molecular formula is C21H22ClFN6O2S. The van der Waals surface area contributed by atoms with Crippen LogP contribution in [0.15, 0.2) is 41.8 Å². The molecule has 2 unspecified atom stereocenters. The molecule has 0 spiro atoms. The Hall–Kier alpha value is -2.85. The number of aliphatic imine (C=N–C) groups is 1. The summed E-state index contributed by atoms with van der Waals surface area (Å²) in [5, 5.41) is 2.63. The Morgan fingerprint density at radius 3 is 2.59 bits per heavy atom. The highest BCUT2D eigenvalue weighted by atomic mass is 35.5. The first-order chi connectivity index (χ1) is 15.2. The van der Waals surface area contributed by atoms with Gasteiger partial charge in [0, 0.05) is 18.0 Å². The van der Waals surface area contributed by atoms with Crippen molar-refractivity contribution < 1.29 is 12.8 Å². The molecule has 5 rings (SSSR count). The van der Waals surface area contributed by atoms with Gasteiger partial charge in [0.15, 0.2) is 9.84 Å². The molecule has 1 saturated carbocycles. The highest BCUT2D eigenvalue weighted by Crippen LogP contribution is 2.30. The van der Waals surface area contributed by atoms with Crippen molar-refractivity contribution in [3.63, 3.8) is 0 Å². The fourth-order valence-electron chi connectivity index (χ4n) is 3.05. The number of nitrogens with zero attached hydrogens (tertiary/aromatic N) is 4. The van der Waals surface area contributed by atoms with Gasteiger partial charge in [-0.1, -0.05) is 30.9 Å². The summed E-state index contributed by atoms with van der Waals surface area (Å²) in [4.78, 5) is 16.7. The van der Waals surface area contributed by atoms with Crippen LogP contribution in [-0.2, 0) is 9.84 Å². The lowest BCUT2D eigenvalue weighted by atomic mass is 10.1. The van der Waals surface area contributed by atoms with Gasteiger partial charge in [-0.2, -0.15) is 0 Å². The van der Waals surface area contributed by atoms with E-state index in [1.807, 2.05) is 0 Å². The third-order valence-electron chi connectivity index (χ3n) is 5.05. The zero-order valence-electron chi connectivity index (χ0n) is 17.3. The molecule has 2 atom stereocenters. The van der Waals surface area contributed by atoms with E-state index >= 15 is 0 Å². The lowest BCUT2D eigenvalue weighted by Gasteiger charge is -2.24. The molecule has 1 aliphatic heterocycles. The van der Waals surface area contributed by atoms with Gasteiger partial charge in [0.1, 0.15) is 28.2 Å². The molecule has 3 aromatic rings. The fraction of sp³-hybridized carbons (Fsp3) is 0.333. The van der Waals surface area contributed by atoms with Crippen molar-refractivity contribution in [3.8, 4) is 0 Å². The first-order valence-electron chi connectivity index (χ1n) is 10.1. The molecule has 0 amide bonds. The standard InChI is InChI=1S/C18H16ClFN6O2S.C3H6/c1-9-18(21)26-15(8-29(9,27)28)11-5-16(23-7-12(11)20)25-13-2-3-22-14-4-10(19)6-24-17(13)14;1-2-3-1/h2-7,9,15H,8H2,1H3,(H2,21,26)(H,22,23,25);1-3H2. The number of pyridine rings is 3. The highest BCUT2D eigenvalue weighted by molar-refractivity contribution is 7.92. The SMILES string of the molecule is C1CC1.CC1C(N)=NC(c2cc(Nc3ccnc4cc(Cl)cnc34)ncc2F)CS1(=O)=O. The summed E-state index contributed by atoms with van der Waals surface area (Å²) in [5.74, 6) is -0.719. The maximum absolute atomic E-state index is 14.4. The minimum atomic E-state index is -3.52. The Labute approximate surface area is 190 Å². The first kappa shape index (κ1) is 22.3. The van der Waals surface area contributed by atoms with Crippen LogP contribution in [0.3, 0.4) is 0 Å². The number of amidine groups is 1. The van der Waals surface area contributed by atoms with E-state index in [0.717, 1.165) is 6.20 Å². The van der Waals surface area contributed by atoms with Crippen molar-refractivity contribution in [1.29, 1.82) is 0 Å². The predicted molar refractivity (Wildman–Crippen MR) is 123 cm³/mol. The monoisotopic (exact) mass is 476 g/mol. The van der Waals surface area contributed by atoms with Crippen molar-refractivity contribution in [3.05, 3.63) is 53.2 Å². The summed E-state index contributed by atoms with van der Waals surface area (Å²) in [6, 6.07) is 3.84. The largest absolute Gasteiger partial charge is 0.386 e. The Morgan fingerprint density at radius 1 is 1.16 bits per heavy atom. The van der Waals surface area contributed by atoms with Crippen LogP contribution in [0.5, 0.6) is 0 Å². The number of fused-ring (bicyclic) bond motifs is 1. The summed E-state index contributed by atoms with van der Waals surface area (Å²) >= 11 is 5.95. The summed E-state index contributed by atoms with van der Waals surface area (Å²) < 4.78 is 39.0. The Morgan fingerprint density at radius 2 is 1.91 bits per heavy atom. The topological polar surface area (TPSA) is 123 Å². The molecule has 3 aromatic heterocycles. The van der Waals surface area contributed by atoms with Gasteiger partial charge in [-0.3, -0.25) is 15.0 Å². The van der Waals surface area contributed by atoms with E-state index in [1.54, 1.807) is 18.3 Å². The molecule has 0 saturated heterocycles. The second kappa shape index (κ2) is 8.95. The number of hydrogen-bond donors (Lipinski definition) is 2. The molecule has 32 heavy (non-hydrogen) atoms. The van der Waals surface area contributed by atoms with Crippen molar-refractivity contribution in [2.45, 2.75) is 37.5 Å². The van der Waals surface area contributed by atoms with Crippen molar-refractivity contribution >= 4 is 49.8 Å². The third kappa shape index (κ3) is 4.97. The van der Waals surface area contributed by atoms with E-state index in [0.29, 0.717) is 27.6 Å². The van der Waals surface area contributed by atoms with Crippen LogP contribution in [0.2, 0.25) is 5.02 Å². The molecule has 2 aliphatic rings. The van der Waals surface area contributed by atoms with Crippen LogP contribution in [0.1, 0.15) is 37.8 Å². The van der Waals surface area contributed by atoms with Gasteiger partial charge in [0.2, 0.25) is 0 Å². The van der Waals surface area contributed by atoms with Gasteiger partial charge >= 0.3 is 0 Å². The summed E-state index contributed by atoms with van der Waals surface area (Å²) in [6.07, 6.45) is 8.58. The van der Waals surface area contributed by atoms with E-state index in [9.17, 15) is 12.8 Å². The molecule has 0 bridgehead atoms. The summed E-state index contributed by atoms with van der Waals surface area (Å²) in [6.45, 7) is 1.47. The van der Waals surface area contributed by atoms with E-state index in [2.05, 4.69) is 25.3 Å². The first-order valence-corrected chi connectivity index (χ1v) is 12.2. The number of halogens is 2. The Balaban J connectivity index is 0.000000754. The van der Waals surface area contributed by atoms with Crippen molar-refractivity contribution in [1.82, 2.24) is 15.0 Å². The van der Waals surface area contributed by atoms with Crippen LogP contribution in [-0.4, -0.2) is 40.2 Å². The summed E-state index contributed by atoms with van der Waals surface area (Å²) in [5.41, 5.74) is 7.57. The van der Waals surface area contributed by atoms with Crippen molar-refractivity contribution in [2.24, 2.45) is 10.7 Å². The number of nitrogens with one attached hydrogen (secondary N) is 1. The number of hydrogen-bond acceptors (Lipinski definition) is 8. The molecule has 0 aromatic carbocycles. The zero-order chi connectivity index (χ0) is 22.9. The van der Waals surface area contributed by atoms with Gasteiger partial charge in [-0.15, -0.1) is 0 Å². The quantitative estimate of drug-likeness (QED) is 0.586. The second-order valence-electron chi connectivity index (χ2n) is 7.70. The van der Waals surface area contributed by atoms with E-state index in [4.69, 9.17) is 17.3 Å². The molecule has 8 nitrogen and oxygen atoms in total. The number of rotatable bonds is 3. The molecule has 3 N–H and O–H groups in total. The van der Waals surface area contributed by atoms with E-state index in [-0.39, 0.29) is 17.2 Å². The van der Waals surface area contributed by atoms with E-state index < -0.39 is 26.9 Å². The zero-order valence-corrected chi connectivity index (χ0v) is 18.9. The smallest absolute Gasteiger partial charge is 0.162 e. The lowest BCUT2D eigenvalue weighted by Crippen LogP contribution is -2.40. The normalized spacial score (nSPS) is 21.3. The third-order valence-corrected chi connectivity index (χ3v) is 7.36. The Kier molecular flexibility index (Phi) is 6.25. The number of nitrogens with two attached hydrogens (primary N) is 1. The van der Waals surface area contributed by atoms with Crippen LogP contribution in [0.25, 0.3) is 11.0 Å². The molecule has 1 fully saturated rings. The number of anilines is 2. The average molecular weight is 477 g/mol. The minimum absolute atomic E-state index is 0.0341. The maximum Gasteiger partial charge on any atom is 0.162 e. The van der Waals surface area contributed by atoms with Crippen molar-refractivity contribution in [2.75, 3.05) is 11.1 Å². The lowest BCUT2D eigenvalue weighted by molar-refractivity contribution is 0.565. The minimum Gasteiger partial charge on any atom is -0.386 e.